The summed E-state index contributed by atoms with van der Waals surface area (Å²) in [5.74, 6) is -0.599. The van der Waals surface area contributed by atoms with Gasteiger partial charge in [-0.2, -0.15) is 10.2 Å². The zero-order valence-electron chi connectivity index (χ0n) is 21.7. The van der Waals surface area contributed by atoms with Crippen molar-refractivity contribution in [2.24, 2.45) is 5.10 Å². The first kappa shape index (κ1) is 30.4. The number of anilines is 2. The van der Waals surface area contributed by atoms with Gasteiger partial charge in [-0.25, -0.2) is 15.0 Å². The molecule has 4 rings (SSSR count). The maximum atomic E-state index is 13.8. The Bertz CT molecular complexity index is 1500. The lowest BCUT2D eigenvalue weighted by molar-refractivity contribution is -0.124. The molecule has 1 fully saturated rings. The van der Waals surface area contributed by atoms with Gasteiger partial charge in [0.1, 0.15) is 6.54 Å². The van der Waals surface area contributed by atoms with Crippen molar-refractivity contribution in [1.82, 2.24) is 15.4 Å². The highest BCUT2D eigenvalue weighted by molar-refractivity contribution is 6.42. The topological polar surface area (TPSA) is 118 Å². The summed E-state index contributed by atoms with van der Waals surface area (Å²) < 4.78 is 0. The van der Waals surface area contributed by atoms with Gasteiger partial charge >= 0.3 is 12.1 Å². The van der Waals surface area contributed by atoms with Gasteiger partial charge in [0.05, 0.1) is 31.8 Å². The van der Waals surface area contributed by atoms with Gasteiger partial charge in [0.25, 0.3) is 5.91 Å². The van der Waals surface area contributed by atoms with Gasteiger partial charge in [-0.05, 0) is 55.8 Å². The van der Waals surface area contributed by atoms with Crippen LogP contribution in [0.15, 0.2) is 71.8 Å². The van der Waals surface area contributed by atoms with Crippen LogP contribution in [-0.4, -0.2) is 57.6 Å². The highest BCUT2D eigenvalue weighted by Gasteiger charge is 2.56. The summed E-state index contributed by atoms with van der Waals surface area (Å²) >= 11 is 24.3. The van der Waals surface area contributed by atoms with Crippen LogP contribution in [0.4, 0.5) is 21.0 Å². The third kappa shape index (κ3) is 6.69. The van der Waals surface area contributed by atoms with E-state index < -0.39 is 36.2 Å². The lowest BCUT2D eigenvalue weighted by Gasteiger charge is -2.38. The van der Waals surface area contributed by atoms with Crippen LogP contribution in [0.2, 0.25) is 20.1 Å². The van der Waals surface area contributed by atoms with Gasteiger partial charge in [0.2, 0.25) is 0 Å². The van der Waals surface area contributed by atoms with Crippen molar-refractivity contribution in [3.05, 3.63) is 92.4 Å². The van der Waals surface area contributed by atoms with E-state index >= 15 is 0 Å². The number of rotatable bonds is 7. The molecule has 0 aromatic heterocycles. The van der Waals surface area contributed by atoms with Crippen molar-refractivity contribution in [2.75, 3.05) is 16.8 Å². The Morgan fingerprint density at radius 2 is 1.61 bits per heavy atom. The van der Waals surface area contributed by atoms with E-state index in [2.05, 4.69) is 15.8 Å². The quantitative estimate of drug-likeness (QED) is 0.151. The first-order valence-corrected chi connectivity index (χ1v) is 13.6. The molecule has 3 N–H and O–H groups in total. The average molecular weight is 638 g/mol. The minimum Gasteiger partial charge on any atom is -0.306 e. The molecule has 1 saturated heterocycles. The normalized spacial score (nSPS) is 16.3. The molecule has 1 aliphatic heterocycles. The Kier molecular flexibility index (Phi) is 9.31. The number of hydrazone groups is 1. The van der Waals surface area contributed by atoms with Gasteiger partial charge < -0.3 is 10.2 Å². The fraction of sp³-hybridized carbons (Fsp3) is 0.185. The molecular weight excluding hydrogens is 614 g/mol. The standard InChI is InChI=1S/C27H24Cl4N6O4/c1-27(2)24(37(41)25(39)33-17-8-10-19(28)21(30)12-17)36(18-9-11-20(29)22(31)13-18)26(40)35(27)15-23(38)34-32-14-16-6-4-3-5-7-16/h3-14,24,41H,15H2,1-2H3,(H,33,39)(H,34,38). The molecule has 3 aromatic rings. The number of hydroxylamine groups is 2. The number of carbonyl (C=O) groups excluding carboxylic acids is 3. The van der Waals surface area contributed by atoms with Crippen LogP contribution >= 0.6 is 46.4 Å². The second-order valence-electron chi connectivity index (χ2n) is 9.47. The Morgan fingerprint density at radius 3 is 2.24 bits per heavy atom. The second kappa shape index (κ2) is 12.5. The molecule has 10 nitrogen and oxygen atoms in total. The van der Waals surface area contributed by atoms with E-state index in [0.29, 0.717) is 5.06 Å². The molecule has 0 saturated carbocycles. The third-order valence-corrected chi connectivity index (χ3v) is 7.78. The Labute approximate surface area is 256 Å². The van der Waals surface area contributed by atoms with Crippen molar-refractivity contribution in [1.29, 1.82) is 0 Å². The molecule has 14 heteroatoms. The molecule has 0 spiro atoms. The smallest absolute Gasteiger partial charge is 0.306 e. The van der Waals surface area contributed by atoms with Gasteiger partial charge in [-0.15, -0.1) is 0 Å². The van der Waals surface area contributed by atoms with Gasteiger partial charge in [0.15, 0.2) is 6.17 Å². The van der Waals surface area contributed by atoms with E-state index in [9.17, 15) is 19.6 Å². The molecule has 1 unspecified atom stereocenters. The third-order valence-electron chi connectivity index (χ3n) is 6.31. The summed E-state index contributed by atoms with van der Waals surface area (Å²) in [4.78, 5) is 42.1. The van der Waals surface area contributed by atoms with E-state index in [4.69, 9.17) is 46.4 Å². The molecule has 1 aliphatic rings. The van der Waals surface area contributed by atoms with E-state index in [1.54, 1.807) is 26.0 Å². The van der Waals surface area contributed by atoms with Gasteiger partial charge in [-0.3, -0.25) is 14.9 Å². The maximum Gasteiger partial charge on any atom is 0.347 e. The number of benzene rings is 3. The number of urea groups is 2. The van der Waals surface area contributed by atoms with Crippen LogP contribution in [0.3, 0.4) is 0 Å². The summed E-state index contributed by atoms with van der Waals surface area (Å²) in [6.07, 6.45) is 0.137. The number of nitrogens with zero attached hydrogens (tertiary/aromatic N) is 4. The SMILES string of the molecule is CC1(C)C(N(O)C(=O)Nc2ccc(Cl)c(Cl)c2)N(c2ccc(Cl)c(Cl)c2)C(=O)N1CC(=O)NN=Cc1ccccc1. The number of nitrogens with one attached hydrogen (secondary N) is 2. The first-order valence-electron chi connectivity index (χ1n) is 12.1. The monoisotopic (exact) mass is 636 g/mol. The van der Waals surface area contributed by atoms with E-state index in [0.717, 1.165) is 10.5 Å². The lowest BCUT2D eigenvalue weighted by Crippen LogP contribution is -2.58. The van der Waals surface area contributed by atoms with Crippen LogP contribution in [-0.2, 0) is 4.79 Å². The zero-order chi connectivity index (χ0) is 29.9. The minimum atomic E-state index is -1.32. The molecule has 0 radical (unpaired) electrons. The molecule has 214 valence electrons. The number of hydrogen-bond donors (Lipinski definition) is 3. The van der Waals surface area contributed by atoms with Crippen LogP contribution < -0.4 is 15.6 Å². The molecular formula is C27H24Cl4N6O4. The molecule has 0 bridgehead atoms. The molecule has 3 aromatic carbocycles. The second-order valence-corrected chi connectivity index (χ2v) is 11.1. The number of hydrogen-bond acceptors (Lipinski definition) is 5. The molecule has 5 amide bonds. The fourth-order valence-corrected chi connectivity index (χ4v) is 4.86. The highest BCUT2D eigenvalue weighted by atomic mass is 35.5. The highest BCUT2D eigenvalue weighted by Crippen LogP contribution is 2.39. The van der Waals surface area contributed by atoms with Gasteiger partial charge in [-0.1, -0.05) is 76.7 Å². The van der Waals surface area contributed by atoms with Crippen molar-refractivity contribution >= 4 is 82.0 Å². The molecule has 41 heavy (non-hydrogen) atoms. The Hall–Kier alpha value is -3.54. The molecule has 0 aliphatic carbocycles. The average Bonchev–Trinajstić information content (AvgIpc) is 3.12. The minimum absolute atomic E-state index is 0.143. The Morgan fingerprint density at radius 1 is 0.976 bits per heavy atom. The van der Waals surface area contributed by atoms with Crippen molar-refractivity contribution in [2.45, 2.75) is 25.6 Å². The zero-order valence-corrected chi connectivity index (χ0v) is 24.7. The van der Waals surface area contributed by atoms with E-state index in [1.807, 2.05) is 18.2 Å². The summed E-state index contributed by atoms with van der Waals surface area (Å²) in [6.45, 7) is 2.76. The first-order chi connectivity index (χ1) is 19.4. The number of carbonyl (C=O) groups is 3. The van der Waals surface area contributed by atoms with Crippen LogP contribution in [0, 0.1) is 0 Å². The largest absolute Gasteiger partial charge is 0.347 e. The van der Waals surface area contributed by atoms with Crippen LogP contribution in [0.1, 0.15) is 19.4 Å². The number of amides is 5. The van der Waals surface area contributed by atoms with Crippen LogP contribution in [0.5, 0.6) is 0 Å². The van der Waals surface area contributed by atoms with Crippen LogP contribution in [0.25, 0.3) is 0 Å². The summed E-state index contributed by atoms with van der Waals surface area (Å²) in [5, 5.41) is 18.9. The Balaban J connectivity index is 1.62. The number of halogens is 4. The predicted octanol–water partition coefficient (Wildman–Crippen LogP) is 6.72. The summed E-state index contributed by atoms with van der Waals surface area (Å²) in [6, 6.07) is 16.2. The van der Waals surface area contributed by atoms with Crippen molar-refractivity contribution < 1.29 is 19.6 Å². The summed E-state index contributed by atoms with van der Waals surface area (Å²) in [5.41, 5.74) is 2.33. The van der Waals surface area contributed by atoms with E-state index in [1.165, 1.54) is 47.5 Å². The molecule has 1 heterocycles. The fourth-order valence-electron chi connectivity index (χ4n) is 4.27. The molecule has 1 atom stereocenters. The maximum absolute atomic E-state index is 13.8. The predicted molar refractivity (Wildman–Crippen MR) is 160 cm³/mol. The summed E-state index contributed by atoms with van der Waals surface area (Å²) in [7, 11) is 0. The van der Waals surface area contributed by atoms with Crippen molar-refractivity contribution in [3.8, 4) is 0 Å². The van der Waals surface area contributed by atoms with Crippen molar-refractivity contribution in [3.63, 3.8) is 0 Å². The van der Waals surface area contributed by atoms with E-state index in [-0.39, 0.29) is 31.5 Å². The van der Waals surface area contributed by atoms with Gasteiger partial charge in [0, 0.05) is 11.4 Å². The lowest BCUT2D eigenvalue weighted by atomic mass is 9.99.